The van der Waals surface area contributed by atoms with Crippen LogP contribution in [0, 0.1) is 0 Å². The summed E-state index contributed by atoms with van der Waals surface area (Å²) in [5.41, 5.74) is 0. The van der Waals surface area contributed by atoms with Gasteiger partial charge in [0.2, 0.25) is 0 Å². The second-order valence-electron chi connectivity index (χ2n) is 16.2. The molecule has 1 unspecified atom stereocenters. The summed E-state index contributed by atoms with van der Waals surface area (Å²) in [7, 11) is 0. The molecule has 1 rings (SSSR count). The third-order valence-electron chi connectivity index (χ3n) is 11.0. The van der Waals surface area contributed by atoms with Crippen molar-refractivity contribution in [1.29, 1.82) is 0 Å². The Morgan fingerprint density at radius 2 is 0.855 bits per heavy atom. The van der Waals surface area contributed by atoms with Gasteiger partial charge in [-0.05, 0) is 12.8 Å². The lowest BCUT2D eigenvalue weighted by Gasteiger charge is -2.39. The summed E-state index contributed by atoms with van der Waals surface area (Å²) in [6.07, 6.45) is 29.7. The van der Waals surface area contributed by atoms with E-state index in [0.29, 0.717) is 6.42 Å². The highest BCUT2D eigenvalue weighted by atomic mass is 16.7. The molecule has 0 bridgehead atoms. The molecule has 4 N–H and O–H groups in total. The number of rotatable bonds is 39. The predicted octanol–water partition coefficient (Wildman–Crippen LogP) is 9.78. The van der Waals surface area contributed by atoms with Crippen LogP contribution in [0.15, 0.2) is 0 Å². The zero-order valence-electron chi connectivity index (χ0n) is 35.5. The number of ether oxygens (including phenoxy) is 4. The average molecular weight is 787 g/mol. The van der Waals surface area contributed by atoms with E-state index in [1.165, 1.54) is 148 Å². The second kappa shape index (κ2) is 37.0. The Morgan fingerprint density at radius 1 is 0.491 bits per heavy atom. The summed E-state index contributed by atoms with van der Waals surface area (Å²) in [5.74, 6) is -0.792. The Kier molecular flexibility index (Phi) is 34.8. The number of hydrogen-bond donors (Lipinski definition) is 4. The van der Waals surface area contributed by atoms with Gasteiger partial charge < -0.3 is 39.4 Å². The number of esters is 2. The summed E-state index contributed by atoms with van der Waals surface area (Å²) < 4.78 is 22.2. The van der Waals surface area contributed by atoms with Gasteiger partial charge in [-0.2, -0.15) is 0 Å². The quantitative estimate of drug-likeness (QED) is 0.0350. The fourth-order valence-corrected chi connectivity index (χ4v) is 7.31. The van der Waals surface area contributed by atoms with E-state index in [9.17, 15) is 30.0 Å². The summed E-state index contributed by atoms with van der Waals surface area (Å²) in [6, 6.07) is 0. The Bertz CT molecular complexity index is 871. The van der Waals surface area contributed by atoms with E-state index in [4.69, 9.17) is 18.9 Å². The monoisotopic (exact) mass is 787 g/mol. The number of carbonyl (C=O) groups is 2. The van der Waals surface area contributed by atoms with Crippen molar-refractivity contribution in [3.63, 3.8) is 0 Å². The molecular formula is C45H86O10. The smallest absolute Gasteiger partial charge is 0.306 e. The third kappa shape index (κ3) is 28.7. The molecule has 10 heteroatoms. The number of aliphatic hydroxyl groups excluding tert-OH is 4. The first kappa shape index (κ1) is 51.7. The van der Waals surface area contributed by atoms with Crippen LogP contribution in [0.25, 0.3) is 0 Å². The van der Waals surface area contributed by atoms with Gasteiger partial charge in [0, 0.05) is 12.8 Å². The van der Waals surface area contributed by atoms with Crippen molar-refractivity contribution in [2.75, 3.05) is 19.8 Å². The molecule has 326 valence electrons. The van der Waals surface area contributed by atoms with Gasteiger partial charge in [0.05, 0.1) is 13.2 Å². The molecule has 1 aliphatic rings. The molecule has 0 spiro atoms. The lowest BCUT2D eigenvalue weighted by atomic mass is 9.99. The molecule has 1 fully saturated rings. The maximum Gasteiger partial charge on any atom is 0.306 e. The molecule has 1 saturated heterocycles. The molecule has 0 aromatic carbocycles. The van der Waals surface area contributed by atoms with Crippen molar-refractivity contribution in [3.05, 3.63) is 0 Å². The fourth-order valence-electron chi connectivity index (χ4n) is 7.31. The normalized spacial score (nSPS) is 20.4. The Balaban J connectivity index is 2.26. The minimum Gasteiger partial charge on any atom is -0.462 e. The van der Waals surface area contributed by atoms with Gasteiger partial charge in [0.1, 0.15) is 31.0 Å². The van der Waals surface area contributed by atoms with Crippen molar-refractivity contribution >= 4 is 11.9 Å². The van der Waals surface area contributed by atoms with Crippen LogP contribution in [0.1, 0.15) is 219 Å². The average Bonchev–Trinajstić information content (AvgIpc) is 3.18. The molecule has 0 saturated carbocycles. The minimum absolute atomic E-state index is 0.209. The highest BCUT2D eigenvalue weighted by Gasteiger charge is 2.44. The Hall–Kier alpha value is -1.30. The van der Waals surface area contributed by atoms with Crippen molar-refractivity contribution in [2.24, 2.45) is 0 Å². The lowest BCUT2D eigenvalue weighted by molar-refractivity contribution is -0.305. The van der Waals surface area contributed by atoms with Gasteiger partial charge in [-0.15, -0.1) is 0 Å². The largest absolute Gasteiger partial charge is 0.462 e. The van der Waals surface area contributed by atoms with Crippen LogP contribution in [0.5, 0.6) is 0 Å². The SMILES string of the molecule is CCCCCCCCCCCCCCCCCCCCCC(=O)OCC(CO[C@@H]1O[C@H](CO)[C@@H](O)[C@H](O)[C@H]1O)OC(=O)CCCCCCCCCCCCC. The van der Waals surface area contributed by atoms with Crippen molar-refractivity contribution in [1.82, 2.24) is 0 Å². The van der Waals surface area contributed by atoms with Crippen molar-refractivity contribution in [3.8, 4) is 0 Å². The maximum atomic E-state index is 12.7. The topological polar surface area (TPSA) is 152 Å². The first-order valence-corrected chi connectivity index (χ1v) is 23.1. The van der Waals surface area contributed by atoms with E-state index in [-0.39, 0.29) is 32.0 Å². The standard InChI is InChI=1S/C45H86O10/c1-3-5-7-9-11-13-15-16-17-18-19-20-21-22-24-25-27-29-31-33-40(47)52-36-38(37-53-45-44(51)43(50)42(49)39(35-46)55-45)54-41(48)34-32-30-28-26-23-14-12-10-8-6-4-2/h38-39,42-46,49-51H,3-37H2,1-2H3/t38?,39-,42-,43+,44-,45-/m1/s1. The van der Waals surface area contributed by atoms with Crippen LogP contribution in [-0.4, -0.2) is 89.0 Å². The molecule has 0 aromatic heterocycles. The summed E-state index contributed by atoms with van der Waals surface area (Å²) in [4.78, 5) is 25.3. The van der Waals surface area contributed by atoms with Crippen LogP contribution >= 0.6 is 0 Å². The van der Waals surface area contributed by atoms with Crippen molar-refractivity contribution in [2.45, 2.75) is 256 Å². The summed E-state index contributed by atoms with van der Waals surface area (Å²) in [5, 5.41) is 40.0. The number of unbranched alkanes of at least 4 members (excludes halogenated alkanes) is 28. The fraction of sp³-hybridized carbons (Fsp3) is 0.956. The van der Waals surface area contributed by atoms with E-state index >= 15 is 0 Å². The van der Waals surface area contributed by atoms with Gasteiger partial charge in [0.25, 0.3) is 0 Å². The van der Waals surface area contributed by atoms with E-state index < -0.39 is 49.4 Å². The van der Waals surface area contributed by atoms with Crippen LogP contribution in [-0.2, 0) is 28.5 Å². The van der Waals surface area contributed by atoms with Crippen LogP contribution < -0.4 is 0 Å². The molecule has 10 nitrogen and oxygen atoms in total. The molecular weight excluding hydrogens is 700 g/mol. The first-order valence-electron chi connectivity index (χ1n) is 23.1. The van der Waals surface area contributed by atoms with Gasteiger partial charge in [-0.1, -0.05) is 194 Å². The first-order chi connectivity index (χ1) is 26.8. The molecule has 0 aromatic rings. The molecule has 0 amide bonds. The highest BCUT2D eigenvalue weighted by molar-refractivity contribution is 5.70. The second-order valence-corrected chi connectivity index (χ2v) is 16.2. The Morgan fingerprint density at radius 3 is 1.24 bits per heavy atom. The third-order valence-corrected chi connectivity index (χ3v) is 11.0. The predicted molar refractivity (Wildman–Crippen MR) is 220 cm³/mol. The molecule has 55 heavy (non-hydrogen) atoms. The highest BCUT2D eigenvalue weighted by Crippen LogP contribution is 2.23. The summed E-state index contributed by atoms with van der Waals surface area (Å²) in [6.45, 7) is 3.44. The van der Waals surface area contributed by atoms with E-state index in [0.717, 1.165) is 38.5 Å². The van der Waals surface area contributed by atoms with Crippen molar-refractivity contribution < 1.29 is 49.0 Å². The molecule has 0 radical (unpaired) electrons. The molecule has 1 heterocycles. The molecule has 1 aliphatic heterocycles. The van der Waals surface area contributed by atoms with Crippen LogP contribution in [0.2, 0.25) is 0 Å². The number of carbonyl (C=O) groups excluding carboxylic acids is 2. The number of aliphatic hydroxyl groups is 4. The minimum atomic E-state index is -1.59. The lowest BCUT2D eigenvalue weighted by Crippen LogP contribution is -2.59. The number of hydrogen-bond acceptors (Lipinski definition) is 10. The Labute approximate surface area is 336 Å². The summed E-state index contributed by atoms with van der Waals surface area (Å²) >= 11 is 0. The van der Waals surface area contributed by atoms with Crippen LogP contribution in [0.4, 0.5) is 0 Å². The van der Waals surface area contributed by atoms with Gasteiger partial charge in [-0.25, -0.2) is 0 Å². The molecule has 6 atom stereocenters. The zero-order valence-corrected chi connectivity index (χ0v) is 35.5. The van der Waals surface area contributed by atoms with E-state index in [1.54, 1.807) is 0 Å². The van der Waals surface area contributed by atoms with Gasteiger partial charge in [-0.3, -0.25) is 9.59 Å². The maximum absolute atomic E-state index is 12.7. The van der Waals surface area contributed by atoms with Gasteiger partial charge >= 0.3 is 11.9 Å². The van der Waals surface area contributed by atoms with E-state index in [2.05, 4.69) is 13.8 Å². The van der Waals surface area contributed by atoms with Gasteiger partial charge in [0.15, 0.2) is 12.4 Å². The van der Waals surface area contributed by atoms with E-state index in [1.807, 2.05) is 0 Å². The zero-order chi connectivity index (χ0) is 40.2. The van der Waals surface area contributed by atoms with Crippen LogP contribution in [0.3, 0.4) is 0 Å². The molecule has 0 aliphatic carbocycles.